The normalized spacial score (nSPS) is 11.2. The molecule has 7 rings (SSSR count). The molecule has 0 saturated heterocycles. The Labute approximate surface area is 255 Å². The van der Waals surface area contributed by atoms with Gasteiger partial charge >= 0.3 is 0 Å². The highest BCUT2D eigenvalue weighted by Crippen LogP contribution is 2.40. The van der Waals surface area contributed by atoms with Crippen LogP contribution in [-0.4, -0.2) is 0 Å². The lowest BCUT2D eigenvalue weighted by atomic mass is 9.92. The smallest absolute Gasteiger partial charge is 0.0467 e. The van der Waals surface area contributed by atoms with Gasteiger partial charge in [0.1, 0.15) is 0 Å². The number of halogens is 1. The zero-order valence-corrected chi connectivity index (χ0v) is 25.3. The quantitative estimate of drug-likeness (QED) is 0.177. The number of benzene rings is 7. The topological polar surface area (TPSA) is 3.24 Å². The summed E-state index contributed by atoms with van der Waals surface area (Å²) in [6.07, 6.45) is 0. The number of hydrogen-bond acceptors (Lipinski definition) is 1. The Hall–Kier alpha value is -4.66. The maximum Gasteiger partial charge on any atom is 0.0467 e. The molecule has 0 radical (unpaired) electrons. The SMILES string of the molecule is Cc1cccc(N(c2cccc(C)c2)c2cccc(-c3cccc4cc5c(-c6cccc(Br)c6)cccc5cc34)c2)c1. The fourth-order valence-electron chi connectivity index (χ4n) is 6.00. The zero-order valence-electron chi connectivity index (χ0n) is 23.7. The van der Waals surface area contributed by atoms with Gasteiger partial charge in [-0.3, -0.25) is 0 Å². The average molecular weight is 605 g/mol. The first kappa shape index (κ1) is 26.3. The van der Waals surface area contributed by atoms with Crippen LogP contribution in [0.1, 0.15) is 11.1 Å². The Morgan fingerprint density at radius 1 is 0.429 bits per heavy atom. The van der Waals surface area contributed by atoms with Gasteiger partial charge < -0.3 is 4.90 Å². The van der Waals surface area contributed by atoms with Gasteiger partial charge in [-0.05, 0) is 129 Å². The summed E-state index contributed by atoms with van der Waals surface area (Å²) in [6, 6.07) is 52.9. The highest BCUT2D eigenvalue weighted by atomic mass is 79.9. The Morgan fingerprint density at radius 2 is 0.881 bits per heavy atom. The average Bonchev–Trinajstić information content (AvgIpc) is 3.00. The van der Waals surface area contributed by atoms with Crippen LogP contribution in [0.25, 0.3) is 43.8 Å². The fraction of sp³-hybridized carbons (Fsp3) is 0.0500. The summed E-state index contributed by atoms with van der Waals surface area (Å²) >= 11 is 3.65. The predicted molar refractivity (Wildman–Crippen MR) is 184 cm³/mol. The summed E-state index contributed by atoms with van der Waals surface area (Å²) in [6.45, 7) is 4.30. The number of aryl methyl sites for hydroxylation is 2. The van der Waals surface area contributed by atoms with Crippen molar-refractivity contribution in [1.29, 1.82) is 0 Å². The zero-order chi connectivity index (χ0) is 28.6. The number of fused-ring (bicyclic) bond motifs is 2. The largest absolute Gasteiger partial charge is 0.310 e. The van der Waals surface area contributed by atoms with Gasteiger partial charge in [0.2, 0.25) is 0 Å². The van der Waals surface area contributed by atoms with Gasteiger partial charge in [-0.1, -0.05) is 101 Å². The lowest BCUT2D eigenvalue weighted by Gasteiger charge is -2.26. The second kappa shape index (κ2) is 11.0. The summed E-state index contributed by atoms with van der Waals surface area (Å²) in [5.74, 6) is 0. The molecular weight excluding hydrogens is 574 g/mol. The Morgan fingerprint density at radius 3 is 1.40 bits per heavy atom. The summed E-state index contributed by atoms with van der Waals surface area (Å²) in [7, 11) is 0. The van der Waals surface area contributed by atoms with Crippen LogP contribution >= 0.6 is 15.9 Å². The molecule has 2 heteroatoms. The Bertz CT molecular complexity index is 2050. The second-order valence-corrected chi connectivity index (χ2v) is 11.9. The van der Waals surface area contributed by atoms with Gasteiger partial charge in [0, 0.05) is 21.5 Å². The van der Waals surface area contributed by atoms with Crippen molar-refractivity contribution in [1.82, 2.24) is 0 Å². The van der Waals surface area contributed by atoms with E-state index in [0.29, 0.717) is 0 Å². The number of rotatable bonds is 5. The first-order valence-corrected chi connectivity index (χ1v) is 15.1. The molecule has 0 aliphatic heterocycles. The van der Waals surface area contributed by atoms with Gasteiger partial charge in [0.05, 0.1) is 0 Å². The van der Waals surface area contributed by atoms with E-state index in [0.717, 1.165) is 21.5 Å². The van der Waals surface area contributed by atoms with E-state index in [1.807, 2.05) is 0 Å². The molecule has 7 aromatic carbocycles. The molecule has 0 aliphatic rings. The molecule has 7 aromatic rings. The van der Waals surface area contributed by atoms with Gasteiger partial charge in [-0.15, -0.1) is 0 Å². The van der Waals surface area contributed by atoms with Crippen molar-refractivity contribution >= 4 is 54.5 Å². The van der Waals surface area contributed by atoms with E-state index >= 15 is 0 Å². The predicted octanol–water partition coefficient (Wildman–Crippen LogP) is 12.2. The Balaban J connectivity index is 1.39. The molecule has 0 unspecified atom stereocenters. The molecule has 42 heavy (non-hydrogen) atoms. The number of anilines is 3. The molecule has 0 spiro atoms. The first-order chi connectivity index (χ1) is 20.5. The maximum atomic E-state index is 3.65. The molecule has 0 aliphatic carbocycles. The molecule has 0 atom stereocenters. The Kier molecular flexibility index (Phi) is 6.85. The van der Waals surface area contributed by atoms with E-state index in [9.17, 15) is 0 Å². The van der Waals surface area contributed by atoms with Crippen LogP contribution in [0.5, 0.6) is 0 Å². The minimum absolute atomic E-state index is 1.09. The molecule has 1 nitrogen and oxygen atoms in total. The van der Waals surface area contributed by atoms with E-state index in [4.69, 9.17) is 0 Å². The molecule has 0 amide bonds. The van der Waals surface area contributed by atoms with Crippen LogP contribution in [0.2, 0.25) is 0 Å². The molecule has 0 saturated carbocycles. The van der Waals surface area contributed by atoms with E-state index in [1.54, 1.807) is 0 Å². The summed E-state index contributed by atoms with van der Waals surface area (Å²) in [5, 5.41) is 5.00. The molecule has 0 aromatic heterocycles. The van der Waals surface area contributed by atoms with Crippen molar-refractivity contribution in [2.45, 2.75) is 13.8 Å². The molecule has 0 bridgehead atoms. The van der Waals surface area contributed by atoms with E-state index in [2.05, 4.69) is 180 Å². The molecule has 0 N–H and O–H groups in total. The molecule has 0 fully saturated rings. The van der Waals surface area contributed by atoms with Gasteiger partial charge in [0.25, 0.3) is 0 Å². The maximum absolute atomic E-state index is 3.65. The van der Waals surface area contributed by atoms with Crippen molar-refractivity contribution in [3.63, 3.8) is 0 Å². The molecule has 0 heterocycles. The van der Waals surface area contributed by atoms with Crippen LogP contribution in [0.3, 0.4) is 0 Å². The minimum atomic E-state index is 1.09. The molecular formula is C40H30BrN. The van der Waals surface area contributed by atoms with Crippen LogP contribution in [0.4, 0.5) is 17.1 Å². The van der Waals surface area contributed by atoms with Gasteiger partial charge in [-0.25, -0.2) is 0 Å². The van der Waals surface area contributed by atoms with Crippen molar-refractivity contribution in [3.8, 4) is 22.3 Å². The van der Waals surface area contributed by atoms with Crippen molar-refractivity contribution < 1.29 is 0 Å². The van der Waals surface area contributed by atoms with Crippen molar-refractivity contribution in [2.24, 2.45) is 0 Å². The van der Waals surface area contributed by atoms with E-state index < -0.39 is 0 Å². The highest BCUT2D eigenvalue weighted by molar-refractivity contribution is 9.10. The standard InChI is InChI=1S/C40H30BrN/c1-27-9-3-16-34(21-27)42(35-17-4-10-28(2)22-35)36-18-6-12-30(24-36)38-20-8-14-32-25-39-31(26-40(32)38)13-7-19-37(39)29-11-5-15-33(41)23-29/h3-26H,1-2H3. The van der Waals surface area contributed by atoms with Crippen LogP contribution in [-0.2, 0) is 0 Å². The third-order valence-corrected chi connectivity index (χ3v) is 8.44. The summed E-state index contributed by atoms with van der Waals surface area (Å²) in [5.41, 5.74) is 10.8. The summed E-state index contributed by atoms with van der Waals surface area (Å²) < 4.78 is 1.09. The van der Waals surface area contributed by atoms with Crippen LogP contribution in [0.15, 0.2) is 150 Å². The molecule has 202 valence electrons. The first-order valence-electron chi connectivity index (χ1n) is 14.3. The number of hydrogen-bond donors (Lipinski definition) is 0. The van der Waals surface area contributed by atoms with Gasteiger partial charge in [0.15, 0.2) is 0 Å². The van der Waals surface area contributed by atoms with E-state index in [-0.39, 0.29) is 0 Å². The summed E-state index contributed by atoms with van der Waals surface area (Å²) in [4.78, 5) is 2.36. The minimum Gasteiger partial charge on any atom is -0.310 e. The van der Waals surface area contributed by atoms with Gasteiger partial charge in [-0.2, -0.15) is 0 Å². The fourth-order valence-corrected chi connectivity index (χ4v) is 6.40. The third kappa shape index (κ3) is 5.00. The monoisotopic (exact) mass is 603 g/mol. The highest BCUT2D eigenvalue weighted by Gasteiger charge is 2.15. The van der Waals surface area contributed by atoms with Crippen LogP contribution < -0.4 is 4.90 Å². The second-order valence-electron chi connectivity index (χ2n) is 11.0. The van der Waals surface area contributed by atoms with Crippen molar-refractivity contribution in [2.75, 3.05) is 4.90 Å². The third-order valence-electron chi connectivity index (χ3n) is 7.95. The van der Waals surface area contributed by atoms with Crippen molar-refractivity contribution in [3.05, 3.63) is 161 Å². The lowest BCUT2D eigenvalue weighted by molar-refractivity contribution is 1.26. The van der Waals surface area contributed by atoms with E-state index in [1.165, 1.54) is 54.9 Å². The lowest BCUT2D eigenvalue weighted by Crippen LogP contribution is -2.10. The van der Waals surface area contributed by atoms with Crippen LogP contribution in [0, 0.1) is 13.8 Å². The number of nitrogens with zero attached hydrogens (tertiary/aromatic N) is 1.